The number of hydrogen-bond acceptors (Lipinski definition) is 14. The van der Waals surface area contributed by atoms with Gasteiger partial charge >= 0.3 is 0 Å². The molecule has 2 saturated heterocycles. The third-order valence-corrected chi connectivity index (χ3v) is 16.2. The minimum atomic E-state index is -0.788. The lowest BCUT2D eigenvalue weighted by Gasteiger charge is -2.37. The summed E-state index contributed by atoms with van der Waals surface area (Å²) >= 11 is 4.43. The third kappa shape index (κ3) is 12.6. The molecule has 3 fully saturated rings. The number of nitrogens with one attached hydrogen (secondary N) is 3. The molecule has 3 aromatic carbocycles. The molecule has 18 heteroatoms. The molecule has 372 valence electrons. The predicted molar refractivity (Wildman–Crippen MR) is 273 cm³/mol. The number of aliphatic hydroxyl groups excluding tert-OH is 1. The van der Waals surface area contributed by atoms with Crippen LogP contribution >= 0.6 is 34.4 Å². The van der Waals surface area contributed by atoms with Crippen LogP contribution < -0.4 is 25.4 Å². The van der Waals surface area contributed by atoms with Crippen molar-refractivity contribution in [2.45, 2.75) is 119 Å². The van der Waals surface area contributed by atoms with E-state index in [-0.39, 0.29) is 48.7 Å². The molecule has 4 N–H and O–H groups in total. The summed E-state index contributed by atoms with van der Waals surface area (Å²) in [4.78, 5) is 68.9. The standard InChI is InChI=1S/C52H63N7O8S3/c1-31-24-42(65-6)40(49(63)58-20-22-66-23-21-58)26-43(31)69-44-28-54-51(70-44)57-47(61)35-14-17-39(18-15-35)67-38-9-7-8-36(16-19-38)56-46(52(3,4)5)50(64)59-29-37(60)25-41(59)48(62)53-27-33-10-12-34(13-11-33)45-32(2)55-30-68-45/h10-15,17-18,24,26,28,30,36-38,41,46,56,60H,7-9,16,19-23,25,27,29H2,1-6H3,(H,53,62)(H,54,57,61)/t36?,37-,38?,41?,46-/m1/s1. The predicted octanol–water partition coefficient (Wildman–Crippen LogP) is 8.13. The Morgan fingerprint density at radius 1 is 0.971 bits per heavy atom. The normalized spacial score (nSPS) is 20.1. The summed E-state index contributed by atoms with van der Waals surface area (Å²) in [7, 11) is 1.57. The zero-order chi connectivity index (χ0) is 49.5. The second-order valence-electron chi connectivity index (χ2n) is 19.3. The van der Waals surface area contributed by atoms with Gasteiger partial charge in [0.2, 0.25) is 11.8 Å². The number of methoxy groups -OCH3 is 1. The number of amides is 4. The first kappa shape index (κ1) is 51.0. The smallest absolute Gasteiger partial charge is 0.257 e. The molecular weight excluding hydrogens is 947 g/mol. The minimum Gasteiger partial charge on any atom is -0.496 e. The van der Waals surface area contributed by atoms with Crippen molar-refractivity contribution in [3.8, 4) is 21.9 Å². The molecule has 5 aromatic rings. The quantitative estimate of drug-likeness (QED) is 0.0740. The van der Waals surface area contributed by atoms with Crippen molar-refractivity contribution in [2.75, 3.05) is 45.3 Å². The number of carbonyl (C=O) groups is 4. The van der Waals surface area contributed by atoms with Gasteiger partial charge in [0, 0.05) is 49.1 Å². The average molecular weight is 1010 g/mol. The summed E-state index contributed by atoms with van der Waals surface area (Å²) in [6, 6.07) is 17.6. The molecule has 8 rings (SSSR count). The highest BCUT2D eigenvalue weighted by atomic mass is 32.2. The minimum absolute atomic E-state index is 0.0424. The van der Waals surface area contributed by atoms with Gasteiger partial charge in [-0.3, -0.25) is 24.5 Å². The van der Waals surface area contributed by atoms with Crippen LogP contribution in [0.1, 0.15) is 96.8 Å². The number of morpholine rings is 1. The van der Waals surface area contributed by atoms with Crippen LogP contribution in [0.3, 0.4) is 0 Å². The van der Waals surface area contributed by atoms with E-state index >= 15 is 0 Å². The largest absolute Gasteiger partial charge is 0.496 e. The van der Waals surface area contributed by atoms with Crippen molar-refractivity contribution < 1.29 is 38.5 Å². The summed E-state index contributed by atoms with van der Waals surface area (Å²) < 4.78 is 18.3. The van der Waals surface area contributed by atoms with E-state index in [0.29, 0.717) is 60.6 Å². The van der Waals surface area contributed by atoms with Gasteiger partial charge in [-0.2, -0.15) is 0 Å². The molecule has 0 radical (unpaired) electrons. The third-order valence-electron chi connectivity index (χ3n) is 13.1. The van der Waals surface area contributed by atoms with E-state index < -0.39 is 23.6 Å². The van der Waals surface area contributed by atoms with Crippen molar-refractivity contribution >= 4 is 63.2 Å². The molecule has 3 unspecified atom stereocenters. The van der Waals surface area contributed by atoms with Crippen molar-refractivity contribution in [3.05, 3.63) is 100 Å². The van der Waals surface area contributed by atoms with Crippen molar-refractivity contribution in [1.82, 2.24) is 30.4 Å². The number of thiazole rings is 2. The van der Waals surface area contributed by atoms with Gasteiger partial charge in [0.1, 0.15) is 17.5 Å². The molecular formula is C52H63N7O8S3. The van der Waals surface area contributed by atoms with E-state index in [1.807, 2.05) is 88.7 Å². The van der Waals surface area contributed by atoms with Crippen molar-refractivity contribution in [1.29, 1.82) is 0 Å². The van der Waals surface area contributed by atoms with E-state index in [2.05, 4.69) is 25.9 Å². The molecule has 0 bridgehead atoms. The number of aliphatic hydroxyl groups is 1. The summed E-state index contributed by atoms with van der Waals surface area (Å²) in [6.07, 6.45) is 5.23. The second kappa shape index (κ2) is 22.8. The van der Waals surface area contributed by atoms with Gasteiger partial charge in [-0.25, -0.2) is 9.97 Å². The number of ether oxygens (including phenoxy) is 3. The lowest BCUT2D eigenvalue weighted by molar-refractivity contribution is -0.142. The molecule has 5 atom stereocenters. The number of benzene rings is 3. The molecule has 4 amide bonds. The Morgan fingerprint density at radius 2 is 1.73 bits per heavy atom. The van der Waals surface area contributed by atoms with Crippen LogP contribution in [0.25, 0.3) is 10.4 Å². The Morgan fingerprint density at radius 3 is 2.43 bits per heavy atom. The Kier molecular flexibility index (Phi) is 16.6. The molecule has 1 aliphatic carbocycles. The van der Waals surface area contributed by atoms with Crippen LogP contribution in [-0.4, -0.2) is 119 Å². The highest BCUT2D eigenvalue weighted by Crippen LogP contribution is 2.39. The fourth-order valence-corrected chi connectivity index (χ4v) is 11.9. The average Bonchev–Trinajstić information content (AvgIpc) is 4.06. The second-order valence-corrected chi connectivity index (χ2v) is 22.5. The van der Waals surface area contributed by atoms with Gasteiger partial charge in [-0.1, -0.05) is 68.1 Å². The first-order valence-corrected chi connectivity index (χ1v) is 26.4. The number of aryl methyl sites for hydroxylation is 2. The SMILES string of the molecule is COc1cc(C)c(Sc2cnc(NC(=O)c3ccc(OC4CCCC(N[C@H](C(=O)N5C[C@H](O)CC5C(=O)NCc5ccc(-c6scnc6C)cc5)C(C)(C)C)CC4)cc3)s2)cc1C(=O)N1CCOCC1. The maximum atomic E-state index is 14.4. The summed E-state index contributed by atoms with van der Waals surface area (Å²) in [5.74, 6) is 0.358. The zero-order valence-corrected chi connectivity index (χ0v) is 43.1. The molecule has 0 spiro atoms. The molecule has 70 heavy (non-hydrogen) atoms. The number of aromatic nitrogens is 2. The number of hydrogen-bond donors (Lipinski definition) is 4. The highest BCUT2D eigenvalue weighted by Gasteiger charge is 2.44. The lowest BCUT2D eigenvalue weighted by Crippen LogP contribution is -2.58. The zero-order valence-electron chi connectivity index (χ0n) is 40.6. The molecule has 3 aliphatic rings. The highest BCUT2D eigenvalue weighted by molar-refractivity contribution is 8.01. The maximum Gasteiger partial charge on any atom is 0.257 e. The Hall–Kier alpha value is -5.37. The Bertz CT molecular complexity index is 2630. The van der Waals surface area contributed by atoms with E-state index in [1.54, 1.807) is 46.6 Å². The number of anilines is 1. The van der Waals surface area contributed by atoms with Gasteiger partial charge in [0.25, 0.3) is 11.8 Å². The van der Waals surface area contributed by atoms with Gasteiger partial charge in [-0.15, -0.1) is 11.3 Å². The van der Waals surface area contributed by atoms with Gasteiger partial charge < -0.3 is 39.8 Å². The first-order valence-electron chi connectivity index (χ1n) is 23.9. The number of likely N-dealkylation sites (tertiary alicyclic amines) is 1. The van der Waals surface area contributed by atoms with Gasteiger partial charge in [0.15, 0.2) is 5.13 Å². The van der Waals surface area contributed by atoms with Crippen LogP contribution in [0.15, 0.2) is 81.5 Å². The molecule has 1 saturated carbocycles. The topological polar surface area (TPSA) is 185 Å². The molecule has 15 nitrogen and oxygen atoms in total. The van der Waals surface area contributed by atoms with Crippen LogP contribution in [-0.2, 0) is 20.9 Å². The summed E-state index contributed by atoms with van der Waals surface area (Å²) in [6.45, 7) is 12.5. The van der Waals surface area contributed by atoms with Crippen molar-refractivity contribution in [3.63, 3.8) is 0 Å². The molecule has 2 aliphatic heterocycles. The summed E-state index contributed by atoms with van der Waals surface area (Å²) in [5.41, 5.74) is 6.29. The van der Waals surface area contributed by atoms with E-state index in [1.165, 1.54) is 23.1 Å². The van der Waals surface area contributed by atoms with E-state index in [0.717, 1.165) is 68.5 Å². The number of nitrogens with zero attached hydrogens (tertiary/aromatic N) is 4. The van der Waals surface area contributed by atoms with Crippen LogP contribution in [0.2, 0.25) is 0 Å². The molecule has 4 heterocycles. The Labute approximate surface area is 422 Å². The number of carbonyl (C=O) groups excluding carboxylic acids is 4. The van der Waals surface area contributed by atoms with Crippen LogP contribution in [0.4, 0.5) is 5.13 Å². The molecule has 2 aromatic heterocycles. The van der Waals surface area contributed by atoms with Gasteiger partial charge in [-0.05, 0) is 104 Å². The number of β-amino-alcohol motifs (C(OH)–C–C–N with tert-alkyl or cyclic N) is 1. The fraction of sp³-hybridized carbons (Fsp3) is 0.462. The van der Waals surface area contributed by atoms with Gasteiger partial charge in [0.05, 0.1) is 70.6 Å². The van der Waals surface area contributed by atoms with Crippen molar-refractivity contribution in [2.24, 2.45) is 5.41 Å². The van der Waals surface area contributed by atoms with E-state index in [9.17, 15) is 24.3 Å². The lowest BCUT2D eigenvalue weighted by atomic mass is 9.84. The fourth-order valence-electron chi connectivity index (χ4n) is 9.17. The van der Waals surface area contributed by atoms with Crippen LogP contribution in [0, 0.1) is 19.3 Å². The van der Waals surface area contributed by atoms with E-state index in [4.69, 9.17) is 14.2 Å². The number of rotatable bonds is 15. The summed E-state index contributed by atoms with van der Waals surface area (Å²) in [5, 5.41) is 20.8. The van der Waals surface area contributed by atoms with Crippen LogP contribution in [0.5, 0.6) is 11.5 Å². The monoisotopic (exact) mass is 1010 g/mol. The Balaban J connectivity index is 0.816. The maximum absolute atomic E-state index is 14.4. The first-order chi connectivity index (χ1) is 33.6.